The molecule has 1 saturated heterocycles. The van der Waals surface area contributed by atoms with Crippen LogP contribution in [0.15, 0.2) is 48.5 Å². The van der Waals surface area contributed by atoms with Crippen LogP contribution < -0.4 is 4.90 Å². The van der Waals surface area contributed by atoms with Gasteiger partial charge >= 0.3 is 0 Å². The topological polar surface area (TPSA) is 12.5 Å². The van der Waals surface area contributed by atoms with Gasteiger partial charge in [0, 0.05) is 23.8 Å². The Morgan fingerprint density at radius 1 is 0.852 bits per heavy atom. The summed E-state index contributed by atoms with van der Waals surface area (Å²) in [5.74, 6) is 0.782. The second-order valence-corrected chi connectivity index (χ2v) is 8.51. The van der Waals surface area contributed by atoms with Crippen molar-refractivity contribution in [3.63, 3.8) is 0 Å². The van der Waals surface area contributed by atoms with E-state index in [9.17, 15) is 0 Å². The highest BCUT2D eigenvalue weighted by atomic mass is 35.5. The molecule has 1 saturated carbocycles. The van der Waals surface area contributed by atoms with Gasteiger partial charge in [-0.15, -0.1) is 0 Å². The van der Waals surface area contributed by atoms with E-state index in [4.69, 9.17) is 16.3 Å². The second-order valence-electron chi connectivity index (χ2n) is 8.07. The number of anilines is 1. The third-order valence-electron chi connectivity index (χ3n) is 6.11. The van der Waals surface area contributed by atoms with Gasteiger partial charge in [0.15, 0.2) is 0 Å². The van der Waals surface area contributed by atoms with E-state index in [0.29, 0.717) is 12.7 Å². The molecule has 144 valence electrons. The normalized spacial score (nSPS) is 21.4. The van der Waals surface area contributed by atoms with Crippen LogP contribution in [0.1, 0.15) is 62.0 Å². The van der Waals surface area contributed by atoms with Gasteiger partial charge in [-0.3, -0.25) is 0 Å². The first kappa shape index (κ1) is 18.8. The van der Waals surface area contributed by atoms with E-state index in [1.807, 2.05) is 24.3 Å². The van der Waals surface area contributed by atoms with Gasteiger partial charge in [0.05, 0.1) is 12.7 Å². The Balaban J connectivity index is 1.32. The average molecular weight is 384 g/mol. The number of hydrogen-bond donors (Lipinski definition) is 0. The van der Waals surface area contributed by atoms with Crippen LogP contribution in [-0.4, -0.2) is 19.2 Å². The van der Waals surface area contributed by atoms with Crippen molar-refractivity contribution in [3.05, 3.63) is 64.7 Å². The molecular formula is C24H30ClNO. The molecule has 1 atom stereocenters. The lowest BCUT2D eigenvalue weighted by atomic mass is 9.84. The minimum absolute atomic E-state index is 0.299. The van der Waals surface area contributed by atoms with Crippen molar-refractivity contribution in [1.29, 1.82) is 0 Å². The second kappa shape index (κ2) is 9.12. The van der Waals surface area contributed by atoms with E-state index in [-0.39, 0.29) is 0 Å². The summed E-state index contributed by atoms with van der Waals surface area (Å²) in [5.41, 5.74) is 4.06. The molecule has 1 unspecified atom stereocenters. The highest BCUT2D eigenvalue weighted by Gasteiger charge is 2.21. The molecule has 1 heterocycles. The van der Waals surface area contributed by atoms with Crippen LogP contribution in [0.25, 0.3) is 0 Å². The first-order valence-electron chi connectivity index (χ1n) is 10.5. The van der Waals surface area contributed by atoms with Crippen molar-refractivity contribution in [2.75, 3.05) is 18.0 Å². The fourth-order valence-corrected chi connectivity index (χ4v) is 4.62. The Morgan fingerprint density at radius 2 is 1.59 bits per heavy atom. The first-order valence-corrected chi connectivity index (χ1v) is 10.9. The number of rotatable bonds is 5. The molecule has 3 heteroatoms. The molecule has 2 aromatic carbocycles. The van der Waals surface area contributed by atoms with Gasteiger partial charge < -0.3 is 9.64 Å². The van der Waals surface area contributed by atoms with Crippen LogP contribution in [-0.2, 0) is 11.3 Å². The van der Waals surface area contributed by atoms with Gasteiger partial charge in [0.2, 0.25) is 0 Å². The maximum Gasteiger partial charge on any atom is 0.0755 e. The highest BCUT2D eigenvalue weighted by Crippen LogP contribution is 2.33. The quantitative estimate of drug-likeness (QED) is 0.578. The number of nitrogens with zero attached hydrogens (tertiary/aromatic N) is 1. The Labute approximate surface area is 168 Å². The minimum atomic E-state index is 0.299. The number of piperidine rings is 1. The van der Waals surface area contributed by atoms with Crippen LogP contribution in [0.4, 0.5) is 5.69 Å². The van der Waals surface area contributed by atoms with E-state index < -0.39 is 0 Å². The number of halogens is 1. The lowest BCUT2D eigenvalue weighted by Gasteiger charge is -2.34. The van der Waals surface area contributed by atoms with E-state index in [1.165, 1.54) is 55.3 Å². The molecular weight excluding hydrogens is 354 g/mol. The summed E-state index contributed by atoms with van der Waals surface area (Å²) in [4.78, 5) is 2.49. The monoisotopic (exact) mass is 383 g/mol. The van der Waals surface area contributed by atoms with Crippen LogP contribution in [0, 0.1) is 0 Å². The largest absolute Gasteiger partial charge is 0.372 e. The zero-order valence-corrected chi connectivity index (χ0v) is 16.8. The predicted molar refractivity (Wildman–Crippen MR) is 114 cm³/mol. The van der Waals surface area contributed by atoms with Crippen molar-refractivity contribution in [1.82, 2.24) is 0 Å². The van der Waals surface area contributed by atoms with Gasteiger partial charge in [-0.05, 0) is 67.0 Å². The average Bonchev–Trinajstić information content (AvgIpc) is 2.74. The van der Waals surface area contributed by atoms with Crippen LogP contribution in [0.3, 0.4) is 0 Å². The zero-order chi connectivity index (χ0) is 18.5. The molecule has 0 aromatic heterocycles. The van der Waals surface area contributed by atoms with E-state index in [2.05, 4.69) is 29.2 Å². The summed E-state index contributed by atoms with van der Waals surface area (Å²) in [6.07, 6.45) is 9.57. The maximum atomic E-state index is 6.19. The van der Waals surface area contributed by atoms with Gasteiger partial charge in [-0.2, -0.15) is 0 Å². The van der Waals surface area contributed by atoms with E-state index in [0.717, 1.165) is 30.5 Å². The highest BCUT2D eigenvalue weighted by molar-refractivity contribution is 6.30. The Morgan fingerprint density at radius 3 is 2.33 bits per heavy atom. The summed E-state index contributed by atoms with van der Waals surface area (Å²) < 4.78 is 6.19. The smallest absolute Gasteiger partial charge is 0.0755 e. The van der Waals surface area contributed by atoms with E-state index >= 15 is 0 Å². The summed E-state index contributed by atoms with van der Waals surface area (Å²) in [7, 11) is 0. The summed E-state index contributed by atoms with van der Waals surface area (Å²) in [6, 6.07) is 17.3. The van der Waals surface area contributed by atoms with Crippen molar-refractivity contribution < 1.29 is 4.74 Å². The SMILES string of the molecule is Clc1ccc(COC2CCCN(c3ccc(C4CCCCC4)cc3)C2)cc1. The molecule has 0 spiro atoms. The third-order valence-corrected chi connectivity index (χ3v) is 6.36. The molecule has 4 rings (SSSR count). The number of hydrogen-bond acceptors (Lipinski definition) is 2. The van der Waals surface area contributed by atoms with Gasteiger partial charge in [0.1, 0.15) is 0 Å². The summed E-state index contributed by atoms with van der Waals surface area (Å²) in [5, 5.41) is 0.777. The first-order chi connectivity index (χ1) is 13.3. The molecule has 2 aliphatic rings. The van der Waals surface area contributed by atoms with Gasteiger partial charge in [-0.25, -0.2) is 0 Å². The predicted octanol–water partition coefficient (Wildman–Crippen LogP) is 6.57. The van der Waals surface area contributed by atoms with Crippen molar-refractivity contribution in [2.24, 2.45) is 0 Å². The van der Waals surface area contributed by atoms with Gasteiger partial charge in [-0.1, -0.05) is 55.1 Å². The number of benzene rings is 2. The molecule has 0 amide bonds. The molecule has 2 fully saturated rings. The molecule has 27 heavy (non-hydrogen) atoms. The molecule has 1 aliphatic carbocycles. The van der Waals surface area contributed by atoms with Crippen LogP contribution in [0.2, 0.25) is 5.02 Å². The third kappa shape index (κ3) is 5.06. The molecule has 0 bridgehead atoms. The zero-order valence-electron chi connectivity index (χ0n) is 16.1. The fourth-order valence-electron chi connectivity index (χ4n) is 4.50. The number of ether oxygens (including phenoxy) is 1. The Hall–Kier alpha value is -1.51. The molecule has 0 radical (unpaired) electrons. The summed E-state index contributed by atoms with van der Waals surface area (Å²) >= 11 is 5.96. The fraction of sp³-hybridized carbons (Fsp3) is 0.500. The standard InChI is InChI=1S/C24H30ClNO/c25-22-12-8-19(9-13-22)18-27-24-7-4-16-26(17-24)23-14-10-21(11-15-23)20-5-2-1-3-6-20/h8-15,20,24H,1-7,16-18H2. The maximum absolute atomic E-state index is 6.19. The van der Waals surface area contributed by atoms with Gasteiger partial charge in [0.25, 0.3) is 0 Å². The molecule has 0 N–H and O–H groups in total. The molecule has 2 nitrogen and oxygen atoms in total. The van der Waals surface area contributed by atoms with Crippen LogP contribution in [0.5, 0.6) is 0 Å². The van der Waals surface area contributed by atoms with Crippen molar-refractivity contribution in [3.8, 4) is 0 Å². The lowest BCUT2D eigenvalue weighted by molar-refractivity contribution is 0.0316. The van der Waals surface area contributed by atoms with Crippen LogP contribution >= 0.6 is 11.6 Å². The Kier molecular flexibility index (Phi) is 6.36. The lowest BCUT2D eigenvalue weighted by Crippen LogP contribution is -2.39. The summed E-state index contributed by atoms with van der Waals surface area (Å²) in [6.45, 7) is 2.77. The molecule has 1 aliphatic heterocycles. The Bertz CT molecular complexity index is 706. The van der Waals surface area contributed by atoms with Crippen molar-refractivity contribution in [2.45, 2.75) is 63.6 Å². The van der Waals surface area contributed by atoms with Crippen molar-refractivity contribution >= 4 is 17.3 Å². The molecule has 2 aromatic rings. The minimum Gasteiger partial charge on any atom is -0.372 e. The van der Waals surface area contributed by atoms with E-state index in [1.54, 1.807) is 0 Å².